The Hall–Kier alpha value is -4.62. The third kappa shape index (κ3) is 6.68. The normalized spacial score (nSPS) is 11.2. The Bertz CT molecular complexity index is 1390. The molecule has 0 saturated heterocycles. The van der Waals surface area contributed by atoms with E-state index in [0.29, 0.717) is 6.07 Å². The number of halogens is 7. The van der Waals surface area contributed by atoms with Crippen molar-refractivity contribution in [3.8, 4) is 11.5 Å². The molecule has 1 amide bonds. The van der Waals surface area contributed by atoms with Gasteiger partial charge in [0.15, 0.2) is 23.2 Å². The Kier molecular flexibility index (Phi) is 8.41. The number of hydrogen-bond acceptors (Lipinski definition) is 6. The van der Waals surface area contributed by atoms with Crippen LogP contribution in [0.15, 0.2) is 30.3 Å². The summed E-state index contributed by atoms with van der Waals surface area (Å²) in [4.78, 5) is 37.7. The van der Waals surface area contributed by atoms with Crippen LogP contribution in [0.1, 0.15) is 47.1 Å². The molecule has 0 atom stereocenters. The third-order valence-corrected chi connectivity index (χ3v) is 4.87. The second kappa shape index (κ2) is 11.2. The van der Waals surface area contributed by atoms with Crippen molar-refractivity contribution >= 4 is 23.7 Å². The van der Waals surface area contributed by atoms with Crippen molar-refractivity contribution in [2.45, 2.75) is 33.3 Å². The van der Waals surface area contributed by atoms with E-state index in [9.17, 15) is 45.1 Å². The lowest BCUT2D eigenvalue weighted by Gasteiger charge is -2.20. The summed E-state index contributed by atoms with van der Waals surface area (Å²) in [6.07, 6.45) is -1.10. The number of nitrogens with one attached hydrogen (secondary N) is 1. The molecule has 0 aliphatic heterocycles. The zero-order chi connectivity index (χ0) is 30.1. The summed E-state index contributed by atoms with van der Waals surface area (Å²) in [7, 11) is 0. The lowest BCUT2D eigenvalue weighted by molar-refractivity contribution is 0.0632. The van der Waals surface area contributed by atoms with E-state index < -0.39 is 92.5 Å². The van der Waals surface area contributed by atoms with Crippen molar-refractivity contribution in [3.63, 3.8) is 0 Å². The van der Waals surface area contributed by atoms with Crippen molar-refractivity contribution in [2.24, 2.45) is 0 Å². The van der Waals surface area contributed by atoms with Gasteiger partial charge in [-0.15, -0.1) is 0 Å². The third-order valence-electron chi connectivity index (χ3n) is 4.87. The van der Waals surface area contributed by atoms with Crippen molar-refractivity contribution < 1.29 is 59.3 Å². The molecule has 7 nitrogen and oxygen atoms in total. The molecule has 0 unspecified atom stereocenters. The van der Waals surface area contributed by atoms with Crippen molar-refractivity contribution in [1.82, 2.24) is 0 Å². The van der Waals surface area contributed by atoms with Gasteiger partial charge in [-0.3, -0.25) is 5.32 Å². The van der Waals surface area contributed by atoms with Gasteiger partial charge in [-0.25, -0.2) is 31.9 Å². The van der Waals surface area contributed by atoms with Crippen molar-refractivity contribution in [3.05, 3.63) is 87.7 Å². The smallest absolute Gasteiger partial charge is 0.412 e. The van der Waals surface area contributed by atoms with E-state index in [0.717, 1.165) is 19.1 Å². The summed E-state index contributed by atoms with van der Waals surface area (Å²) in [6, 6.07) is 2.45. The fourth-order valence-electron chi connectivity index (χ4n) is 3.09. The Morgan fingerprint density at radius 3 is 1.55 bits per heavy atom. The van der Waals surface area contributed by atoms with Crippen LogP contribution in [0.4, 0.5) is 41.2 Å². The van der Waals surface area contributed by atoms with E-state index in [2.05, 4.69) is 10.1 Å². The highest BCUT2D eigenvalue weighted by Crippen LogP contribution is 2.30. The minimum Gasteiger partial charge on any atom is -0.444 e. The van der Waals surface area contributed by atoms with Gasteiger partial charge in [0, 0.05) is 23.4 Å². The van der Waals surface area contributed by atoms with Gasteiger partial charge in [0.1, 0.15) is 11.4 Å². The maximum absolute atomic E-state index is 14.2. The summed E-state index contributed by atoms with van der Waals surface area (Å²) >= 11 is 0. The molecule has 0 radical (unpaired) electrons. The molecule has 3 aromatic rings. The first kappa shape index (κ1) is 29.9. The van der Waals surface area contributed by atoms with Gasteiger partial charge in [-0.2, -0.15) is 13.2 Å². The van der Waals surface area contributed by atoms with Crippen LogP contribution in [-0.2, 0) is 4.74 Å². The van der Waals surface area contributed by atoms with Gasteiger partial charge in [0.2, 0.25) is 23.2 Å². The number of esters is 2. The molecular formula is C26H18F7NO6. The van der Waals surface area contributed by atoms with E-state index in [1.54, 1.807) is 0 Å². The van der Waals surface area contributed by atoms with Crippen LogP contribution in [0.25, 0.3) is 0 Å². The maximum atomic E-state index is 14.2. The average molecular weight is 573 g/mol. The zero-order valence-corrected chi connectivity index (χ0v) is 21.0. The number of amides is 1. The van der Waals surface area contributed by atoms with Crippen molar-refractivity contribution in [1.29, 1.82) is 0 Å². The number of benzene rings is 3. The molecule has 0 aromatic heterocycles. The molecule has 0 aliphatic rings. The molecule has 212 valence electrons. The summed E-state index contributed by atoms with van der Waals surface area (Å²) in [5, 5.41) is 2.16. The number of rotatable bonds is 5. The number of carbonyl (C=O) groups is 3. The van der Waals surface area contributed by atoms with Gasteiger partial charge >= 0.3 is 18.0 Å². The first-order valence-corrected chi connectivity index (χ1v) is 11.0. The summed E-state index contributed by atoms with van der Waals surface area (Å²) in [5.41, 5.74) is -3.39. The van der Waals surface area contributed by atoms with Crippen LogP contribution in [0.3, 0.4) is 0 Å². The second-order valence-corrected chi connectivity index (χ2v) is 9.11. The average Bonchev–Trinajstić information content (AvgIpc) is 2.85. The highest BCUT2D eigenvalue weighted by Gasteiger charge is 2.26. The summed E-state index contributed by atoms with van der Waals surface area (Å²) < 4.78 is 111. The van der Waals surface area contributed by atoms with Gasteiger partial charge in [0.25, 0.3) is 0 Å². The molecule has 0 bridgehead atoms. The molecule has 3 aromatic carbocycles. The molecule has 0 saturated carbocycles. The summed E-state index contributed by atoms with van der Waals surface area (Å²) in [5.74, 6) is -18.6. The molecule has 0 fully saturated rings. The summed E-state index contributed by atoms with van der Waals surface area (Å²) in [6.45, 7) is 5.52. The topological polar surface area (TPSA) is 90.9 Å². The molecule has 40 heavy (non-hydrogen) atoms. The van der Waals surface area contributed by atoms with E-state index in [4.69, 9.17) is 9.47 Å². The first-order chi connectivity index (χ1) is 18.5. The first-order valence-electron chi connectivity index (χ1n) is 11.0. The largest absolute Gasteiger partial charge is 0.444 e. The van der Waals surface area contributed by atoms with E-state index in [-0.39, 0.29) is 17.8 Å². The molecule has 3 rings (SSSR count). The Morgan fingerprint density at radius 2 is 1.07 bits per heavy atom. The highest BCUT2D eigenvalue weighted by atomic mass is 19.2. The predicted octanol–water partition coefficient (Wildman–Crippen LogP) is 6.75. The van der Waals surface area contributed by atoms with Gasteiger partial charge in [-0.05, 0) is 45.9 Å². The standard InChI is InChI=1S/C26H18F7NO6/c1-10-14(27)8-15(28)18(31)21(10)38-23(35)11-5-12(7-13(6-11)34-25(37)40-26(2,3)4)24(36)39-22-19(32)16(29)9-17(30)20(22)33/h5-9H,1-4H3,(H,34,37). The Morgan fingerprint density at radius 1 is 0.650 bits per heavy atom. The lowest BCUT2D eigenvalue weighted by Crippen LogP contribution is -2.27. The molecule has 0 spiro atoms. The van der Waals surface area contributed by atoms with Crippen LogP contribution in [0, 0.1) is 47.6 Å². The molecular weight excluding hydrogens is 555 g/mol. The number of carbonyl (C=O) groups excluding carboxylic acids is 3. The van der Waals surface area contributed by atoms with Crippen molar-refractivity contribution in [2.75, 3.05) is 5.32 Å². The molecule has 0 aliphatic carbocycles. The van der Waals surface area contributed by atoms with Gasteiger partial charge in [0.05, 0.1) is 11.1 Å². The Labute approximate surface area is 221 Å². The fraction of sp³-hybridized carbons (Fsp3) is 0.192. The fourth-order valence-corrected chi connectivity index (χ4v) is 3.09. The molecule has 0 heterocycles. The highest BCUT2D eigenvalue weighted by molar-refractivity contribution is 6.00. The minimum absolute atomic E-state index is 0.127. The number of hydrogen-bond donors (Lipinski definition) is 1. The van der Waals surface area contributed by atoms with Crippen LogP contribution in [-0.4, -0.2) is 23.6 Å². The lowest BCUT2D eigenvalue weighted by atomic mass is 10.1. The van der Waals surface area contributed by atoms with Crippen LogP contribution >= 0.6 is 0 Å². The van der Waals surface area contributed by atoms with Gasteiger partial charge < -0.3 is 14.2 Å². The van der Waals surface area contributed by atoms with Crippen LogP contribution < -0.4 is 14.8 Å². The van der Waals surface area contributed by atoms with E-state index in [1.165, 1.54) is 20.8 Å². The van der Waals surface area contributed by atoms with Gasteiger partial charge in [-0.1, -0.05) is 0 Å². The predicted molar refractivity (Wildman–Crippen MR) is 124 cm³/mol. The quantitative estimate of drug-likeness (QED) is 0.157. The number of anilines is 1. The Balaban J connectivity index is 2.05. The second-order valence-electron chi connectivity index (χ2n) is 9.11. The van der Waals surface area contributed by atoms with Crippen LogP contribution in [0.5, 0.6) is 11.5 Å². The maximum Gasteiger partial charge on any atom is 0.412 e. The van der Waals surface area contributed by atoms with Crippen LogP contribution in [0.2, 0.25) is 0 Å². The SMILES string of the molecule is Cc1c(F)cc(F)c(F)c1OC(=O)c1cc(NC(=O)OC(C)(C)C)cc(C(=O)Oc2c(F)c(F)cc(F)c2F)c1. The monoisotopic (exact) mass is 573 g/mol. The van der Waals surface area contributed by atoms with E-state index in [1.807, 2.05) is 0 Å². The molecule has 1 N–H and O–H groups in total. The zero-order valence-electron chi connectivity index (χ0n) is 21.0. The number of ether oxygens (including phenoxy) is 3. The van der Waals surface area contributed by atoms with E-state index >= 15 is 0 Å². The minimum atomic E-state index is -2.05. The molecule has 14 heteroatoms.